The third-order valence-electron chi connectivity index (χ3n) is 3.25. The molecule has 0 saturated heterocycles. The Morgan fingerprint density at radius 3 is 2.38 bits per heavy atom. The fourth-order valence-electron chi connectivity index (χ4n) is 2.35. The van der Waals surface area contributed by atoms with Crippen molar-refractivity contribution < 1.29 is 18.0 Å². The van der Waals surface area contributed by atoms with Crippen LogP contribution in [0.25, 0.3) is 0 Å². The first-order valence-electron chi connectivity index (χ1n) is 7.36. The topological polar surface area (TPSA) is 51.0 Å². The zero-order chi connectivity index (χ0) is 18.1. The number of pyridine rings is 1. The van der Waals surface area contributed by atoms with E-state index in [-0.39, 0.29) is 17.1 Å². The van der Waals surface area contributed by atoms with Gasteiger partial charge in [-0.2, -0.15) is 18.3 Å². The van der Waals surface area contributed by atoms with Gasteiger partial charge in [-0.05, 0) is 45.9 Å². The Balaban J connectivity index is 2.42. The summed E-state index contributed by atoms with van der Waals surface area (Å²) in [5, 5.41) is 4.19. The van der Waals surface area contributed by atoms with Crippen molar-refractivity contribution in [2.24, 2.45) is 0 Å². The summed E-state index contributed by atoms with van der Waals surface area (Å²) in [6, 6.07) is 5.94. The smallest absolute Gasteiger partial charge is 0.282 e. The molecule has 5 nitrogen and oxygen atoms in total. The van der Waals surface area contributed by atoms with Gasteiger partial charge in [0.15, 0.2) is 5.69 Å². The van der Waals surface area contributed by atoms with Crippen molar-refractivity contribution in [3.63, 3.8) is 0 Å². The van der Waals surface area contributed by atoms with Gasteiger partial charge in [0.25, 0.3) is 5.91 Å². The van der Waals surface area contributed by atoms with E-state index in [9.17, 15) is 18.0 Å². The summed E-state index contributed by atoms with van der Waals surface area (Å²) in [4.78, 5) is 17.1. The molecule has 1 amide bonds. The minimum absolute atomic E-state index is 0.0441. The van der Waals surface area contributed by atoms with E-state index in [0.717, 1.165) is 0 Å². The lowest BCUT2D eigenvalue weighted by molar-refractivity contribution is -0.118. The number of carbonyl (C=O) groups is 1. The number of rotatable bonds is 3. The standard InChI is InChI=1S/C16H19F3N4O/c1-11-9-12(21-23(11)15(2,3)4)14(24)22(10-16(17,18)19)13-7-5-6-8-20-13/h5-9H,10H2,1-4H3. The average Bonchev–Trinajstić information content (AvgIpc) is 2.86. The Morgan fingerprint density at radius 2 is 1.92 bits per heavy atom. The second-order valence-electron chi connectivity index (χ2n) is 6.45. The second kappa shape index (κ2) is 6.26. The number of nitrogens with zero attached hydrogens (tertiary/aromatic N) is 4. The average molecular weight is 340 g/mol. The van der Waals surface area contributed by atoms with Gasteiger partial charge in [-0.25, -0.2) is 4.98 Å². The third kappa shape index (κ3) is 4.12. The molecule has 2 heterocycles. The lowest BCUT2D eigenvalue weighted by atomic mass is 10.1. The van der Waals surface area contributed by atoms with Gasteiger partial charge in [-0.3, -0.25) is 14.4 Å². The summed E-state index contributed by atoms with van der Waals surface area (Å²) >= 11 is 0. The molecule has 0 radical (unpaired) electrons. The second-order valence-corrected chi connectivity index (χ2v) is 6.45. The van der Waals surface area contributed by atoms with Crippen molar-refractivity contribution in [3.05, 3.63) is 41.9 Å². The van der Waals surface area contributed by atoms with Gasteiger partial charge >= 0.3 is 6.18 Å². The minimum Gasteiger partial charge on any atom is -0.282 e. The normalized spacial score (nSPS) is 12.3. The number of amides is 1. The molecule has 2 aromatic rings. The van der Waals surface area contributed by atoms with Gasteiger partial charge in [0, 0.05) is 11.9 Å². The molecule has 0 fully saturated rings. The number of aryl methyl sites for hydroxylation is 1. The number of halogens is 3. The molecule has 0 aliphatic heterocycles. The Hall–Kier alpha value is -2.38. The van der Waals surface area contributed by atoms with Crippen LogP contribution in [-0.2, 0) is 5.54 Å². The molecule has 0 unspecified atom stereocenters. The van der Waals surface area contributed by atoms with Crippen LogP contribution < -0.4 is 4.90 Å². The fraction of sp³-hybridized carbons (Fsp3) is 0.438. The molecule has 0 atom stereocenters. The van der Waals surface area contributed by atoms with Crippen LogP contribution in [0.1, 0.15) is 37.0 Å². The molecule has 24 heavy (non-hydrogen) atoms. The minimum atomic E-state index is -4.55. The molecular formula is C16H19F3N4O. The van der Waals surface area contributed by atoms with Crippen molar-refractivity contribution in [2.45, 2.75) is 39.4 Å². The number of alkyl halides is 3. The first-order valence-corrected chi connectivity index (χ1v) is 7.36. The highest BCUT2D eigenvalue weighted by Gasteiger charge is 2.36. The van der Waals surface area contributed by atoms with Crippen LogP contribution in [0, 0.1) is 6.92 Å². The molecule has 0 N–H and O–H groups in total. The van der Waals surface area contributed by atoms with E-state index >= 15 is 0 Å². The fourth-order valence-corrected chi connectivity index (χ4v) is 2.35. The maximum atomic E-state index is 12.9. The van der Waals surface area contributed by atoms with Gasteiger partial charge in [-0.1, -0.05) is 6.07 Å². The predicted molar refractivity (Wildman–Crippen MR) is 83.9 cm³/mol. The number of hydrogen-bond donors (Lipinski definition) is 0. The van der Waals surface area contributed by atoms with Crippen molar-refractivity contribution in [1.82, 2.24) is 14.8 Å². The molecule has 0 aliphatic rings. The monoisotopic (exact) mass is 340 g/mol. The van der Waals surface area contributed by atoms with Crippen LogP contribution >= 0.6 is 0 Å². The summed E-state index contributed by atoms with van der Waals surface area (Å²) in [6.07, 6.45) is -3.21. The van der Waals surface area contributed by atoms with Crippen LogP contribution in [-0.4, -0.2) is 33.4 Å². The van der Waals surface area contributed by atoms with Gasteiger partial charge in [0.05, 0.1) is 5.54 Å². The molecule has 130 valence electrons. The van der Waals surface area contributed by atoms with Gasteiger partial charge in [0.2, 0.25) is 0 Å². The SMILES string of the molecule is Cc1cc(C(=O)N(CC(F)(F)F)c2ccccn2)nn1C(C)(C)C. The van der Waals surface area contributed by atoms with E-state index in [4.69, 9.17) is 0 Å². The van der Waals surface area contributed by atoms with Crippen LogP contribution in [0.3, 0.4) is 0 Å². The Morgan fingerprint density at radius 1 is 1.25 bits per heavy atom. The van der Waals surface area contributed by atoms with Crippen molar-refractivity contribution in [2.75, 3.05) is 11.4 Å². The summed E-state index contributed by atoms with van der Waals surface area (Å²) in [6.45, 7) is 6.02. The largest absolute Gasteiger partial charge is 0.406 e. The molecule has 0 saturated carbocycles. The highest BCUT2D eigenvalue weighted by molar-refractivity contribution is 6.04. The summed E-state index contributed by atoms with van der Waals surface area (Å²) in [5.41, 5.74) is 0.263. The van der Waals surface area contributed by atoms with E-state index in [2.05, 4.69) is 10.1 Å². The zero-order valence-electron chi connectivity index (χ0n) is 13.9. The highest BCUT2D eigenvalue weighted by atomic mass is 19.4. The van der Waals surface area contributed by atoms with Crippen LogP contribution in [0.4, 0.5) is 19.0 Å². The Bertz CT molecular complexity index is 717. The molecule has 2 rings (SSSR count). The molecule has 0 aromatic carbocycles. The van der Waals surface area contributed by atoms with E-state index in [1.807, 2.05) is 20.8 Å². The predicted octanol–water partition coefficient (Wildman–Crippen LogP) is 3.55. The maximum absolute atomic E-state index is 12.9. The van der Waals surface area contributed by atoms with Crippen molar-refractivity contribution >= 4 is 11.7 Å². The summed E-state index contributed by atoms with van der Waals surface area (Å²) in [7, 11) is 0. The third-order valence-corrected chi connectivity index (χ3v) is 3.25. The van der Waals surface area contributed by atoms with E-state index < -0.39 is 18.6 Å². The molecule has 2 aromatic heterocycles. The van der Waals surface area contributed by atoms with Gasteiger partial charge in [-0.15, -0.1) is 0 Å². The van der Waals surface area contributed by atoms with E-state index in [1.54, 1.807) is 17.7 Å². The van der Waals surface area contributed by atoms with Crippen molar-refractivity contribution in [1.29, 1.82) is 0 Å². The number of aromatic nitrogens is 3. The van der Waals surface area contributed by atoms with Crippen LogP contribution in [0.5, 0.6) is 0 Å². The van der Waals surface area contributed by atoms with E-state index in [1.165, 1.54) is 24.4 Å². The number of hydrogen-bond acceptors (Lipinski definition) is 3. The molecule has 8 heteroatoms. The zero-order valence-corrected chi connectivity index (χ0v) is 13.9. The van der Waals surface area contributed by atoms with Crippen molar-refractivity contribution in [3.8, 4) is 0 Å². The molecule has 0 aliphatic carbocycles. The molecular weight excluding hydrogens is 321 g/mol. The Labute approximate surface area is 138 Å². The lowest BCUT2D eigenvalue weighted by Gasteiger charge is -2.23. The summed E-state index contributed by atoms with van der Waals surface area (Å²) < 4.78 is 40.3. The molecule has 0 spiro atoms. The summed E-state index contributed by atoms with van der Waals surface area (Å²) in [5.74, 6) is -0.903. The van der Waals surface area contributed by atoms with Gasteiger partial charge < -0.3 is 0 Å². The maximum Gasteiger partial charge on any atom is 0.406 e. The van der Waals surface area contributed by atoms with Crippen LogP contribution in [0.15, 0.2) is 30.5 Å². The quantitative estimate of drug-likeness (QED) is 0.859. The first-order chi connectivity index (χ1) is 11.0. The first kappa shape index (κ1) is 18.0. The molecule has 0 bridgehead atoms. The Kier molecular flexibility index (Phi) is 4.68. The lowest BCUT2D eigenvalue weighted by Crippen LogP contribution is -2.40. The van der Waals surface area contributed by atoms with Crippen LogP contribution in [0.2, 0.25) is 0 Å². The van der Waals surface area contributed by atoms with E-state index in [0.29, 0.717) is 10.6 Å². The number of anilines is 1. The number of carbonyl (C=O) groups excluding carboxylic acids is 1. The van der Waals surface area contributed by atoms with Gasteiger partial charge in [0.1, 0.15) is 12.4 Å². The highest BCUT2D eigenvalue weighted by Crippen LogP contribution is 2.23.